The molecule has 9 heteroatoms. The number of nitro benzene ring substituents is 1. The number of halogens is 1. The highest BCUT2D eigenvalue weighted by Gasteiger charge is 2.32. The predicted octanol–water partition coefficient (Wildman–Crippen LogP) is 3.11. The van der Waals surface area contributed by atoms with Crippen molar-refractivity contribution in [2.45, 2.75) is 24.8 Å². The van der Waals surface area contributed by atoms with E-state index in [1.807, 2.05) is 6.92 Å². The Bertz CT molecular complexity index is 971. The normalized spacial score (nSPS) is 17.4. The number of sulfonamides is 1. The maximum Gasteiger partial charge on any atom is 0.270 e. The first-order valence-electron chi connectivity index (χ1n) is 8.95. The topological polar surface area (TPSA) is 83.8 Å². The molecule has 7 nitrogen and oxygen atoms in total. The van der Waals surface area contributed by atoms with Crippen molar-refractivity contribution in [1.29, 1.82) is 0 Å². The van der Waals surface area contributed by atoms with Crippen molar-refractivity contribution < 1.29 is 17.7 Å². The number of non-ortho nitro benzene ring substituents is 1. The summed E-state index contributed by atoms with van der Waals surface area (Å²) in [7, 11) is -3.82. The molecule has 0 bridgehead atoms. The molecule has 2 aromatic carbocycles. The van der Waals surface area contributed by atoms with E-state index in [4.69, 9.17) is 0 Å². The van der Waals surface area contributed by atoms with Crippen LogP contribution in [0.25, 0.3) is 0 Å². The number of nitrogens with zero attached hydrogens (tertiary/aromatic N) is 3. The predicted molar refractivity (Wildman–Crippen MR) is 103 cm³/mol. The average Bonchev–Trinajstić information content (AvgIpc) is 2.68. The molecule has 150 valence electrons. The molecule has 0 amide bonds. The van der Waals surface area contributed by atoms with Gasteiger partial charge in [-0.05, 0) is 37.1 Å². The molecule has 0 radical (unpaired) electrons. The van der Waals surface area contributed by atoms with Gasteiger partial charge in [-0.25, -0.2) is 12.8 Å². The van der Waals surface area contributed by atoms with Gasteiger partial charge in [0, 0.05) is 44.4 Å². The van der Waals surface area contributed by atoms with Gasteiger partial charge >= 0.3 is 0 Å². The quantitative estimate of drug-likeness (QED) is 0.562. The number of hydrogen-bond donors (Lipinski definition) is 0. The Hall–Kier alpha value is -2.36. The molecule has 1 fully saturated rings. The zero-order valence-corrected chi connectivity index (χ0v) is 16.5. The molecule has 0 aromatic heterocycles. The van der Waals surface area contributed by atoms with E-state index in [-0.39, 0.29) is 35.5 Å². The standard InChI is InChI=1S/C19H22FN3O4S/c1-14-3-8-18(23(24)25)13-19(14)28(26,27)22-11-9-21(10-12-22)15(2)16-4-6-17(20)7-5-16/h3-8,13,15H,9-12H2,1-2H3/t15-/m1/s1. The summed E-state index contributed by atoms with van der Waals surface area (Å²) in [6.07, 6.45) is 0. The summed E-state index contributed by atoms with van der Waals surface area (Å²) < 4.78 is 40.5. The van der Waals surface area contributed by atoms with Gasteiger partial charge in [0.2, 0.25) is 10.0 Å². The first kappa shape index (κ1) is 20.4. The fourth-order valence-electron chi connectivity index (χ4n) is 3.40. The van der Waals surface area contributed by atoms with Gasteiger partial charge in [0.1, 0.15) is 5.82 Å². The van der Waals surface area contributed by atoms with Gasteiger partial charge < -0.3 is 0 Å². The van der Waals surface area contributed by atoms with E-state index in [1.165, 1.54) is 28.6 Å². The maximum absolute atomic E-state index is 13.1. The largest absolute Gasteiger partial charge is 0.294 e. The van der Waals surface area contributed by atoms with Gasteiger partial charge in [-0.15, -0.1) is 0 Å². The summed E-state index contributed by atoms with van der Waals surface area (Å²) in [6.45, 7) is 5.25. The van der Waals surface area contributed by atoms with Crippen molar-refractivity contribution >= 4 is 15.7 Å². The van der Waals surface area contributed by atoms with Crippen molar-refractivity contribution in [3.8, 4) is 0 Å². The third-order valence-electron chi connectivity index (χ3n) is 5.17. The van der Waals surface area contributed by atoms with Crippen LogP contribution in [0.15, 0.2) is 47.4 Å². The maximum atomic E-state index is 13.1. The van der Waals surface area contributed by atoms with Gasteiger partial charge in [0.15, 0.2) is 0 Å². The highest BCUT2D eigenvalue weighted by molar-refractivity contribution is 7.89. The number of rotatable bonds is 5. The van der Waals surface area contributed by atoms with Crippen LogP contribution in [0.1, 0.15) is 24.1 Å². The monoisotopic (exact) mass is 407 g/mol. The molecular weight excluding hydrogens is 385 g/mol. The summed E-state index contributed by atoms with van der Waals surface area (Å²) in [6, 6.07) is 10.2. The second-order valence-corrected chi connectivity index (χ2v) is 8.78. The van der Waals surface area contributed by atoms with Gasteiger partial charge in [-0.2, -0.15) is 4.31 Å². The van der Waals surface area contributed by atoms with Crippen LogP contribution < -0.4 is 0 Å². The van der Waals surface area contributed by atoms with Crippen molar-refractivity contribution in [2.24, 2.45) is 0 Å². The number of hydrogen-bond acceptors (Lipinski definition) is 5. The van der Waals surface area contributed by atoms with Crippen molar-refractivity contribution in [1.82, 2.24) is 9.21 Å². The molecule has 1 aliphatic heterocycles. The van der Waals surface area contributed by atoms with Crippen molar-refractivity contribution in [3.05, 3.63) is 69.5 Å². The van der Waals surface area contributed by atoms with E-state index >= 15 is 0 Å². The number of piperazine rings is 1. The zero-order chi connectivity index (χ0) is 20.5. The second kappa shape index (κ2) is 7.94. The van der Waals surface area contributed by atoms with Crippen LogP contribution in [-0.2, 0) is 10.0 Å². The van der Waals surface area contributed by atoms with Crippen LogP contribution >= 0.6 is 0 Å². The Labute approximate surface area is 163 Å². The number of benzene rings is 2. The lowest BCUT2D eigenvalue weighted by atomic mass is 10.1. The van der Waals surface area contributed by atoms with Gasteiger partial charge in [0.25, 0.3) is 5.69 Å². The van der Waals surface area contributed by atoms with E-state index in [0.29, 0.717) is 18.7 Å². The van der Waals surface area contributed by atoms with Crippen LogP contribution in [0.5, 0.6) is 0 Å². The minimum absolute atomic E-state index is 0.0262. The molecule has 0 aliphatic carbocycles. The molecular formula is C19H22FN3O4S. The van der Waals surface area contributed by atoms with Crippen molar-refractivity contribution in [3.63, 3.8) is 0 Å². The molecule has 1 aliphatic rings. The van der Waals surface area contributed by atoms with E-state index < -0.39 is 14.9 Å². The molecule has 0 saturated carbocycles. The molecule has 1 atom stereocenters. The molecule has 0 N–H and O–H groups in total. The minimum Gasteiger partial charge on any atom is -0.294 e. The second-order valence-electron chi connectivity index (χ2n) is 6.87. The molecule has 1 heterocycles. The first-order chi connectivity index (χ1) is 13.2. The molecule has 3 rings (SSSR count). The van der Waals surface area contributed by atoms with E-state index in [9.17, 15) is 22.9 Å². The Kier molecular flexibility index (Phi) is 5.78. The third-order valence-corrected chi connectivity index (χ3v) is 7.21. The van der Waals surface area contributed by atoms with E-state index in [1.54, 1.807) is 19.1 Å². The first-order valence-corrected chi connectivity index (χ1v) is 10.4. The van der Waals surface area contributed by atoms with Gasteiger partial charge in [-0.1, -0.05) is 18.2 Å². The fraction of sp³-hybridized carbons (Fsp3) is 0.368. The Morgan fingerprint density at radius 2 is 1.68 bits per heavy atom. The third kappa shape index (κ3) is 4.06. The SMILES string of the molecule is Cc1ccc([N+](=O)[O-])cc1S(=O)(=O)N1CCN([C@H](C)c2ccc(F)cc2)CC1. The summed E-state index contributed by atoms with van der Waals surface area (Å²) in [5, 5.41) is 11.0. The van der Waals surface area contributed by atoms with Crippen molar-refractivity contribution in [2.75, 3.05) is 26.2 Å². The summed E-state index contributed by atoms with van der Waals surface area (Å²) in [5.74, 6) is -0.292. The lowest BCUT2D eigenvalue weighted by Crippen LogP contribution is -2.49. The van der Waals surface area contributed by atoms with Crippen LogP contribution in [0.4, 0.5) is 10.1 Å². The Morgan fingerprint density at radius 1 is 1.07 bits per heavy atom. The lowest BCUT2D eigenvalue weighted by Gasteiger charge is -2.37. The van der Waals surface area contributed by atoms with Crippen LogP contribution in [0.2, 0.25) is 0 Å². The zero-order valence-electron chi connectivity index (χ0n) is 15.7. The fourth-order valence-corrected chi connectivity index (χ4v) is 5.07. The Morgan fingerprint density at radius 3 is 2.25 bits per heavy atom. The summed E-state index contributed by atoms with van der Waals surface area (Å²) >= 11 is 0. The molecule has 28 heavy (non-hydrogen) atoms. The van der Waals surface area contributed by atoms with Gasteiger partial charge in [0.05, 0.1) is 9.82 Å². The minimum atomic E-state index is -3.82. The number of aryl methyl sites for hydroxylation is 1. The smallest absolute Gasteiger partial charge is 0.270 e. The Balaban J connectivity index is 1.74. The summed E-state index contributed by atoms with van der Waals surface area (Å²) in [5.41, 5.74) is 1.20. The van der Waals surface area contributed by atoms with Crippen LogP contribution in [-0.4, -0.2) is 48.7 Å². The molecule has 0 unspecified atom stereocenters. The average molecular weight is 407 g/mol. The van der Waals surface area contributed by atoms with E-state index in [0.717, 1.165) is 11.6 Å². The summed E-state index contributed by atoms with van der Waals surface area (Å²) in [4.78, 5) is 12.5. The molecule has 2 aromatic rings. The molecule has 1 saturated heterocycles. The number of nitro groups is 1. The lowest BCUT2D eigenvalue weighted by molar-refractivity contribution is -0.385. The van der Waals surface area contributed by atoms with Crippen LogP contribution in [0.3, 0.4) is 0 Å². The highest BCUT2D eigenvalue weighted by Crippen LogP contribution is 2.27. The van der Waals surface area contributed by atoms with Gasteiger partial charge in [-0.3, -0.25) is 15.0 Å². The van der Waals surface area contributed by atoms with Crippen LogP contribution in [0, 0.1) is 22.9 Å². The van der Waals surface area contributed by atoms with E-state index in [2.05, 4.69) is 4.90 Å². The molecule has 0 spiro atoms. The highest BCUT2D eigenvalue weighted by atomic mass is 32.2.